The van der Waals surface area contributed by atoms with Gasteiger partial charge in [-0.2, -0.15) is 0 Å². The molecule has 0 fully saturated rings. The smallest absolute Gasteiger partial charge is 0.261 e. The van der Waals surface area contributed by atoms with Crippen molar-refractivity contribution >= 4 is 77.7 Å². The molecular weight excluding hydrogens is 1030 g/mol. The minimum Gasteiger partial charge on any atom is -0.306 e. The van der Waals surface area contributed by atoms with Gasteiger partial charge in [0.15, 0.2) is 0 Å². The number of fused-ring (bicyclic) bond motifs is 1. The number of halogens is 2. The van der Waals surface area contributed by atoms with Gasteiger partial charge in [-0.1, -0.05) is 272 Å². The standard InChI is InChI=1S/C62H102Br2N2O2S2/c1-5-9-13-17-21-23-27-33-41-51(39-31-25-19-15-11-7-3)43-35-29-37-49-65-59(53-45-47-55(63)69-53)57-58(61(65)67)60(54-46-48-56(64)70-54)66(62(57)68)50-38-30-36-44-52(40-32-26-20-16-12-8-4)42-34-28-24-22-18-14-10-6-2/h45-48,51-52H,5-44,49-50H2,1-4H3. The van der Waals surface area contributed by atoms with Crippen molar-refractivity contribution in [2.24, 2.45) is 11.8 Å². The lowest BCUT2D eigenvalue weighted by Crippen LogP contribution is -2.30. The van der Waals surface area contributed by atoms with E-state index in [1.807, 2.05) is 9.80 Å². The van der Waals surface area contributed by atoms with Crippen LogP contribution in [0.3, 0.4) is 0 Å². The number of carbonyl (C=O) groups excluding carboxylic acids is 2. The predicted octanol–water partition coefficient (Wildman–Crippen LogP) is 22.1. The molecule has 2 aromatic heterocycles. The van der Waals surface area contributed by atoms with Crippen LogP contribution in [-0.4, -0.2) is 34.7 Å². The second-order valence-corrected chi connectivity index (χ2v) is 26.6. The number of hydrogen-bond acceptors (Lipinski definition) is 4. The van der Waals surface area contributed by atoms with Crippen molar-refractivity contribution in [2.45, 2.75) is 285 Å². The van der Waals surface area contributed by atoms with E-state index in [9.17, 15) is 9.59 Å². The average Bonchev–Trinajstić information content (AvgIpc) is 4.12. The molecule has 0 saturated carbocycles. The van der Waals surface area contributed by atoms with E-state index in [4.69, 9.17) is 0 Å². The quantitative estimate of drug-likeness (QED) is 0.0620. The number of rotatable bonds is 46. The lowest BCUT2D eigenvalue weighted by molar-refractivity contribution is -0.124. The summed E-state index contributed by atoms with van der Waals surface area (Å²) < 4.78 is 2.05. The Balaban J connectivity index is 1.38. The highest BCUT2D eigenvalue weighted by atomic mass is 79.9. The molecule has 70 heavy (non-hydrogen) atoms. The molecule has 0 aromatic carbocycles. The lowest BCUT2D eigenvalue weighted by atomic mass is 9.89. The monoisotopic (exact) mass is 1130 g/mol. The van der Waals surface area contributed by atoms with Crippen molar-refractivity contribution in [3.05, 3.63) is 52.7 Å². The fourth-order valence-corrected chi connectivity index (χ4v) is 14.3. The van der Waals surface area contributed by atoms with Gasteiger partial charge in [0.1, 0.15) is 0 Å². The maximum Gasteiger partial charge on any atom is 0.261 e. The Morgan fingerprint density at radius 1 is 0.357 bits per heavy atom. The van der Waals surface area contributed by atoms with Gasteiger partial charge in [0.2, 0.25) is 0 Å². The Hall–Kier alpha value is -1.22. The highest BCUT2D eigenvalue weighted by Crippen LogP contribution is 2.49. The van der Waals surface area contributed by atoms with Crippen molar-refractivity contribution < 1.29 is 9.59 Å². The Morgan fingerprint density at radius 3 is 0.843 bits per heavy atom. The van der Waals surface area contributed by atoms with E-state index in [1.54, 1.807) is 22.7 Å². The molecule has 398 valence electrons. The molecule has 0 N–H and O–H groups in total. The molecule has 2 atom stereocenters. The Kier molecular flexibility index (Phi) is 33.6. The van der Waals surface area contributed by atoms with Gasteiger partial charge in [-0.25, -0.2) is 0 Å². The third-order valence-electron chi connectivity index (χ3n) is 15.6. The summed E-state index contributed by atoms with van der Waals surface area (Å²) >= 11 is 10.7. The van der Waals surface area contributed by atoms with Gasteiger partial charge < -0.3 is 9.80 Å². The van der Waals surface area contributed by atoms with E-state index >= 15 is 0 Å². The zero-order valence-electron chi connectivity index (χ0n) is 45.4. The third kappa shape index (κ3) is 22.7. The number of nitrogens with zero attached hydrogens (tertiary/aromatic N) is 2. The number of hydrogen-bond donors (Lipinski definition) is 0. The van der Waals surface area contributed by atoms with Crippen molar-refractivity contribution in [1.29, 1.82) is 0 Å². The topological polar surface area (TPSA) is 40.6 Å². The molecule has 2 aliphatic heterocycles. The van der Waals surface area contributed by atoms with Crippen LogP contribution in [0.15, 0.2) is 43.0 Å². The van der Waals surface area contributed by atoms with Crippen LogP contribution < -0.4 is 0 Å². The highest BCUT2D eigenvalue weighted by Gasteiger charge is 2.49. The molecular formula is C62H102Br2N2O2S2. The third-order valence-corrected chi connectivity index (χ3v) is 18.9. The molecule has 0 aliphatic carbocycles. The molecule has 2 unspecified atom stereocenters. The van der Waals surface area contributed by atoms with Gasteiger partial charge in [0.05, 0.1) is 39.9 Å². The van der Waals surface area contributed by atoms with Gasteiger partial charge in [-0.05, 0) is 80.8 Å². The van der Waals surface area contributed by atoms with Gasteiger partial charge in [0, 0.05) is 13.1 Å². The SMILES string of the molecule is CCCCCCCCCCC(CCCCCCCC)CCCCCN1C(=O)C2=C(c3ccc(Br)s3)N(CCCCCC(CCCCCCCC)CCCCCCCCCC)C(=O)C2=C1c1ccc(Br)s1. The molecule has 2 aliphatic rings. The molecule has 2 amide bonds. The molecule has 4 nitrogen and oxygen atoms in total. The summed E-state index contributed by atoms with van der Waals surface area (Å²) in [6, 6.07) is 8.34. The molecule has 0 radical (unpaired) electrons. The summed E-state index contributed by atoms with van der Waals surface area (Å²) in [4.78, 5) is 35.8. The summed E-state index contributed by atoms with van der Waals surface area (Å²) in [6.45, 7) is 10.5. The summed E-state index contributed by atoms with van der Waals surface area (Å²) in [5, 5.41) is 0. The molecule has 8 heteroatoms. The minimum absolute atomic E-state index is 0.0130. The fraction of sp³-hybridized carbons (Fsp3) is 0.774. The van der Waals surface area contributed by atoms with Crippen LogP contribution in [0.25, 0.3) is 11.4 Å². The predicted molar refractivity (Wildman–Crippen MR) is 316 cm³/mol. The first-order valence-electron chi connectivity index (χ1n) is 30.0. The summed E-state index contributed by atoms with van der Waals surface area (Å²) in [5.74, 6) is 1.68. The highest BCUT2D eigenvalue weighted by molar-refractivity contribution is 9.11. The molecule has 4 heterocycles. The second kappa shape index (κ2) is 38.3. The van der Waals surface area contributed by atoms with Gasteiger partial charge in [0.25, 0.3) is 11.8 Å². The lowest BCUT2D eigenvalue weighted by Gasteiger charge is -2.24. The zero-order chi connectivity index (χ0) is 50.0. The molecule has 2 aromatic rings. The van der Waals surface area contributed by atoms with E-state index in [0.29, 0.717) is 24.2 Å². The van der Waals surface area contributed by atoms with Crippen molar-refractivity contribution in [2.75, 3.05) is 13.1 Å². The van der Waals surface area contributed by atoms with E-state index in [0.717, 1.165) is 66.2 Å². The van der Waals surface area contributed by atoms with Crippen LogP contribution in [-0.2, 0) is 9.59 Å². The van der Waals surface area contributed by atoms with Crippen molar-refractivity contribution in [3.8, 4) is 0 Å². The van der Waals surface area contributed by atoms with Crippen LogP contribution in [0.1, 0.15) is 294 Å². The second-order valence-electron chi connectivity index (χ2n) is 21.6. The minimum atomic E-state index is 0.0130. The first-order chi connectivity index (χ1) is 34.3. The maximum atomic E-state index is 14.9. The van der Waals surface area contributed by atoms with Crippen LogP contribution in [0, 0.1) is 11.8 Å². The molecule has 0 bridgehead atoms. The van der Waals surface area contributed by atoms with Crippen LogP contribution >= 0.6 is 54.5 Å². The molecule has 0 saturated heterocycles. The number of unbranched alkanes of at least 4 members (excludes halogenated alkanes) is 28. The Bertz CT molecular complexity index is 1640. The first kappa shape index (κ1) is 61.3. The summed E-state index contributed by atoms with van der Waals surface area (Å²) in [7, 11) is 0. The largest absolute Gasteiger partial charge is 0.306 e. The average molecular weight is 1130 g/mol. The Morgan fingerprint density at radius 2 is 0.600 bits per heavy atom. The van der Waals surface area contributed by atoms with Crippen LogP contribution in [0.4, 0.5) is 0 Å². The van der Waals surface area contributed by atoms with E-state index in [-0.39, 0.29) is 11.8 Å². The number of thiophene rings is 2. The normalized spacial score (nSPS) is 14.9. The van der Waals surface area contributed by atoms with Gasteiger partial charge in [-0.3, -0.25) is 9.59 Å². The van der Waals surface area contributed by atoms with Gasteiger partial charge in [-0.15, -0.1) is 22.7 Å². The van der Waals surface area contributed by atoms with Crippen molar-refractivity contribution in [3.63, 3.8) is 0 Å². The zero-order valence-corrected chi connectivity index (χ0v) is 50.3. The Labute approximate surface area is 456 Å². The van der Waals surface area contributed by atoms with E-state index in [1.165, 1.54) is 231 Å². The molecule has 4 rings (SSSR count). The number of carbonyl (C=O) groups is 2. The van der Waals surface area contributed by atoms with Gasteiger partial charge >= 0.3 is 0 Å². The van der Waals surface area contributed by atoms with Crippen molar-refractivity contribution in [1.82, 2.24) is 9.80 Å². The van der Waals surface area contributed by atoms with E-state index in [2.05, 4.69) is 83.8 Å². The first-order valence-corrected chi connectivity index (χ1v) is 33.2. The fourth-order valence-electron chi connectivity index (χ4n) is 11.4. The van der Waals surface area contributed by atoms with Crippen LogP contribution in [0.5, 0.6) is 0 Å². The summed E-state index contributed by atoms with van der Waals surface area (Å²) in [6.07, 6.45) is 53.4. The summed E-state index contributed by atoms with van der Waals surface area (Å²) in [5.41, 5.74) is 2.94. The van der Waals surface area contributed by atoms with E-state index < -0.39 is 0 Å². The number of amides is 2. The van der Waals surface area contributed by atoms with Crippen LogP contribution in [0.2, 0.25) is 0 Å². The maximum absolute atomic E-state index is 14.9. The molecule has 0 spiro atoms.